The van der Waals surface area contributed by atoms with Gasteiger partial charge in [-0.2, -0.15) is 0 Å². The highest BCUT2D eigenvalue weighted by Gasteiger charge is 2.18. The minimum Gasteiger partial charge on any atom is -0.454 e. The second-order valence-corrected chi connectivity index (χ2v) is 5.42. The summed E-state index contributed by atoms with van der Waals surface area (Å²) in [5, 5.41) is 0.563. The molecule has 0 radical (unpaired) electrons. The Balaban J connectivity index is 1.66. The first-order valence-corrected chi connectivity index (χ1v) is 8.00. The van der Waals surface area contributed by atoms with Crippen LogP contribution in [0.3, 0.4) is 0 Å². The van der Waals surface area contributed by atoms with E-state index in [0.29, 0.717) is 27.7 Å². The first kappa shape index (κ1) is 15.4. The molecule has 7 heteroatoms. The first-order valence-electron chi connectivity index (χ1n) is 6.78. The van der Waals surface area contributed by atoms with Gasteiger partial charge in [0.25, 0.3) is 0 Å². The maximum absolute atomic E-state index is 12.1. The molecule has 23 heavy (non-hydrogen) atoms. The number of esters is 1. The molecule has 0 amide bonds. The number of benzene rings is 1. The van der Waals surface area contributed by atoms with Crippen molar-refractivity contribution in [1.29, 1.82) is 0 Å². The van der Waals surface area contributed by atoms with Crippen LogP contribution in [0.2, 0.25) is 0 Å². The van der Waals surface area contributed by atoms with E-state index in [4.69, 9.17) is 14.2 Å². The Morgan fingerprint density at radius 3 is 2.91 bits per heavy atom. The van der Waals surface area contributed by atoms with Crippen LogP contribution in [-0.4, -0.2) is 36.4 Å². The first-order chi connectivity index (χ1) is 11.2. The lowest BCUT2D eigenvalue weighted by molar-refractivity contribution is 0.0470. The van der Waals surface area contributed by atoms with Gasteiger partial charge >= 0.3 is 5.97 Å². The molecule has 1 aliphatic rings. The fraction of sp³-hybridized carbons (Fsp3) is 0.188. The average Bonchev–Trinajstić information content (AvgIpc) is 3.06. The predicted molar refractivity (Wildman–Crippen MR) is 83.2 cm³/mol. The van der Waals surface area contributed by atoms with E-state index in [1.807, 2.05) is 6.26 Å². The average molecular weight is 331 g/mol. The zero-order valence-electron chi connectivity index (χ0n) is 12.3. The molecule has 3 rings (SSSR count). The Labute approximate surface area is 136 Å². The van der Waals surface area contributed by atoms with Crippen LogP contribution in [-0.2, 0) is 4.74 Å². The highest BCUT2D eigenvalue weighted by atomic mass is 32.2. The molecule has 0 fully saturated rings. The summed E-state index contributed by atoms with van der Waals surface area (Å²) in [5.74, 6) is 0.223. The number of pyridine rings is 1. The maximum atomic E-state index is 12.1. The number of nitrogens with zero attached hydrogens (tertiary/aromatic N) is 1. The quantitative estimate of drug-likeness (QED) is 0.473. The lowest BCUT2D eigenvalue weighted by Crippen LogP contribution is -2.15. The van der Waals surface area contributed by atoms with E-state index >= 15 is 0 Å². The van der Waals surface area contributed by atoms with Gasteiger partial charge in [0, 0.05) is 11.8 Å². The second-order valence-electron chi connectivity index (χ2n) is 4.63. The second kappa shape index (κ2) is 6.70. The molecule has 0 saturated carbocycles. The van der Waals surface area contributed by atoms with Gasteiger partial charge in [0.2, 0.25) is 6.79 Å². The minimum absolute atomic E-state index is 0.139. The van der Waals surface area contributed by atoms with E-state index in [2.05, 4.69) is 4.98 Å². The van der Waals surface area contributed by atoms with Crippen molar-refractivity contribution < 1.29 is 23.8 Å². The molecule has 1 aliphatic heterocycles. The van der Waals surface area contributed by atoms with Crippen molar-refractivity contribution in [3.8, 4) is 11.5 Å². The monoisotopic (exact) mass is 331 g/mol. The number of carbonyl (C=O) groups excluding carboxylic acids is 2. The van der Waals surface area contributed by atoms with Crippen molar-refractivity contribution in [3.05, 3.63) is 47.7 Å². The summed E-state index contributed by atoms with van der Waals surface area (Å²) in [6, 6.07) is 8.11. The molecule has 1 aromatic heterocycles. The summed E-state index contributed by atoms with van der Waals surface area (Å²) in [7, 11) is 0. The van der Waals surface area contributed by atoms with Gasteiger partial charge in [-0.3, -0.25) is 4.79 Å². The molecule has 0 bridgehead atoms. The van der Waals surface area contributed by atoms with Crippen LogP contribution < -0.4 is 9.47 Å². The molecule has 0 aliphatic carbocycles. The number of Topliss-reactive ketones (excluding diaryl/α,β-unsaturated/α-hetero) is 1. The molecule has 0 atom stereocenters. The Kier molecular flexibility index (Phi) is 4.47. The highest BCUT2D eigenvalue weighted by molar-refractivity contribution is 7.98. The maximum Gasteiger partial charge on any atom is 0.341 e. The standard InChI is InChI=1S/C16H13NO5S/c1-23-15-11(3-2-6-17-15)16(19)20-8-12(18)10-4-5-13-14(7-10)22-9-21-13/h2-7H,8-9H2,1H3. The number of rotatable bonds is 5. The summed E-state index contributed by atoms with van der Waals surface area (Å²) in [4.78, 5) is 28.3. The van der Waals surface area contributed by atoms with Crippen LogP contribution in [0, 0.1) is 0 Å². The third-order valence-corrected chi connectivity index (χ3v) is 3.93. The number of hydrogen-bond acceptors (Lipinski definition) is 7. The topological polar surface area (TPSA) is 74.7 Å². The van der Waals surface area contributed by atoms with Crippen LogP contribution in [0.4, 0.5) is 0 Å². The van der Waals surface area contributed by atoms with Gasteiger partial charge in [0.15, 0.2) is 23.9 Å². The summed E-state index contributed by atoms with van der Waals surface area (Å²) in [6.45, 7) is -0.207. The van der Waals surface area contributed by atoms with Crippen molar-refractivity contribution in [2.24, 2.45) is 0 Å². The van der Waals surface area contributed by atoms with Gasteiger partial charge in [-0.05, 0) is 36.6 Å². The van der Waals surface area contributed by atoms with Gasteiger partial charge in [0.1, 0.15) is 5.03 Å². The zero-order valence-corrected chi connectivity index (χ0v) is 13.1. The van der Waals surface area contributed by atoms with Crippen LogP contribution >= 0.6 is 11.8 Å². The van der Waals surface area contributed by atoms with Gasteiger partial charge < -0.3 is 14.2 Å². The summed E-state index contributed by atoms with van der Waals surface area (Å²) >= 11 is 1.34. The van der Waals surface area contributed by atoms with Gasteiger partial charge in [-0.1, -0.05) is 0 Å². The predicted octanol–water partition coefficient (Wildman–Crippen LogP) is 2.57. The number of carbonyl (C=O) groups is 2. The molecule has 2 aromatic rings. The number of fused-ring (bicyclic) bond motifs is 1. The zero-order chi connectivity index (χ0) is 16.2. The van der Waals surface area contributed by atoms with Crippen molar-refractivity contribution in [2.45, 2.75) is 5.03 Å². The highest BCUT2D eigenvalue weighted by Crippen LogP contribution is 2.32. The number of thioether (sulfide) groups is 1. The number of hydrogen-bond donors (Lipinski definition) is 0. The Morgan fingerprint density at radius 1 is 1.26 bits per heavy atom. The fourth-order valence-electron chi connectivity index (χ4n) is 2.07. The van der Waals surface area contributed by atoms with E-state index in [1.54, 1.807) is 36.5 Å². The summed E-state index contributed by atoms with van der Waals surface area (Å²) in [5.41, 5.74) is 0.747. The minimum atomic E-state index is -0.573. The Bertz CT molecular complexity index is 762. The van der Waals surface area contributed by atoms with Gasteiger partial charge in [0.05, 0.1) is 5.56 Å². The Hall–Kier alpha value is -2.54. The van der Waals surface area contributed by atoms with E-state index in [0.717, 1.165) is 0 Å². The molecule has 118 valence electrons. The largest absolute Gasteiger partial charge is 0.454 e. The molecule has 0 N–H and O–H groups in total. The normalized spacial score (nSPS) is 12.0. The van der Waals surface area contributed by atoms with Crippen molar-refractivity contribution >= 4 is 23.5 Å². The van der Waals surface area contributed by atoms with Gasteiger partial charge in [-0.15, -0.1) is 11.8 Å². The third kappa shape index (κ3) is 3.29. The molecule has 2 heterocycles. The van der Waals surface area contributed by atoms with E-state index in [-0.39, 0.29) is 19.2 Å². The van der Waals surface area contributed by atoms with Crippen LogP contribution in [0.5, 0.6) is 11.5 Å². The van der Waals surface area contributed by atoms with Crippen molar-refractivity contribution in [3.63, 3.8) is 0 Å². The van der Waals surface area contributed by atoms with E-state index in [9.17, 15) is 9.59 Å². The number of aromatic nitrogens is 1. The molecular formula is C16H13NO5S. The number of ketones is 1. The number of ether oxygens (including phenoxy) is 3. The van der Waals surface area contributed by atoms with E-state index < -0.39 is 5.97 Å². The van der Waals surface area contributed by atoms with Crippen LogP contribution in [0.15, 0.2) is 41.6 Å². The fourth-order valence-corrected chi connectivity index (χ4v) is 2.61. The van der Waals surface area contributed by atoms with Crippen molar-refractivity contribution in [2.75, 3.05) is 19.7 Å². The van der Waals surface area contributed by atoms with Crippen LogP contribution in [0.1, 0.15) is 20.7 Å². The molecule has 1 aromatic carbocycles. The lowest BCUT2D eigenvalue weighted by Gasteiger charge is -2.07. The molecule has 0 saturated heterocycles. The summed E-state index contributed by atoms with van der Waals surface area (Å²) < 4.78 is 15.5. The van der Waals surface area contributed by atoms with Gasteiger partial charge in [-0.25, -0.2) is 9.78 Å². The Morgan fingerprint density at radius 2 is 2.09 bits per heavy atom. The van der Waals surface area contributed by atoms with Crippen molar-refractivity contribution in [1.82, 2.24) is 4.98 Å². The molecule has 0 unspecified atom stereocenters. The summed E-state index contributed by atoms with van der Waals surface area (Å²) in [6.07, 6.45) is 3.41. The lowest BCUT2D eigenvalue weighted by atomic mass is 10.1. The third-order valence-electron chi connectivity index (χ3n) is 3.21. The molecule has 6 nitrogen and oxygen atoms in total. The van der Waals surface area contributed by atoms with Crippen LogP contribution in [0.25, 0.3) is 0 Å². The smallest absolute Gasteiger partial charge is 0.341 e. The molecular weight excluding hydrogens is 318 g/mol. The van der Waals surface area contributed by atoms with E-state index in [1.165, 1.54) is 11.8 Å². The molecule has 0 spiro atoms. The SMILES string of the molecule is CSc1ncccc1C(=O)OCC(=O)c1ccc2c(c1)OCO2.